The van der Waals surface area contributed by atoms with Gasteiger partial charge in [-0.05, 0) is 35.4 Å². The second-order valence-electron chi connectivity index (χ2n) is 7.34. The van der Waals surface area contributed by atoms with Crippen LogP contribution in [0.2, 0.25) is 0 Å². The number of nitrogens with zero attached hydrogens (tertiary/aromatic N) is 1. The van der Waals surface area contributed by atoms with E-state index in [-0.39, 0.29) is 36.5 Å². The first-order chi connectivity index (χ1) is 15.7. The van der Waals surface area contributed by atoms with Crippen molar-refractivity contribution in [2.75, 3.05) is 14.2 Å². The van der Waals surface area contributed by atoms with E-state index in [9.17, 15) is 28.7 Å². The molecular weight excluding hydrogens is 456 g/mol. The largest absolute Gasteiger partial charge is 1.00 e. The van der Waals surface area contributed by atoms with Crippen LogP contribution < -0.4 is 44.9 Å². The number of ether oxygens (including phenoxy) is 1. The molecule has 2 aromatic carbocycles. The number of likely N-dealkylation sites (N-methyl/N-ethyl adjacent to an activating group) is 1. The molecule has 0 saturated heterocycles. The third-order valence-electron chi connectivity index (χ3n) is 5.07. The second kappa shape index (κ2) is 11.8. The number of hydrogen-bond acceptors (Lipinski definition) is 5. The van der Waals surface area contributed by atoms with E-state index < -0.39 is 48.0 Å². The Morgan fingerprint density at radius 3 is 2.65 bits per heavy atom. The van der Waals surface area contributed by atoms with E-state index >= 15 is 0 Å². The predicted octanol–water partition coefficient (Wildman–Crippen LogP) is -0.644. The first kappa shape index (κ1) is 27.0. The van der Waals surface area contributed by atoms with Gasteiger partial charge in [-0.25, -0.2) is 9.18 Å². The number of amides is 3. The number of carbonyl (C=O) groups excluding carboxylic acids is 3. The molecule has 174 valence electrons. The number of halogens is 1. The van der Waals surface area contributed by atoms with E-state index in [0.717, 1.165) is 11.0 Å². The van der Waals surface area contributed by atoms with Crippen molar-refractivity contribution in [3.63, 3.8) is 0 Å². The quantitative estimate of drug-likeness (QED) is 0.358. The standard InChI is InChI=1S/C23H22FN3O6.Na.H/c1-27-9-8-19(28)21(22(27)31)26-23(32)25-18(12-20(29)30)14-6-7-17(24)16(11-14)13-4-3-5-15(10-13)33-2;;/h3-11,18,21H,12H2,1-2H3,(H,29,30)(H2,25,26,32);;/q;+1;-1. The normalized spacial score (nSPS) is 15.9. The van der Waals surface area contributed by atoms with Crippen LogP contribution in [0.15, 0.2) is 54.7 Å². The Balaban J connectivity index is 0.00000306. The Bertz CT molecular complexity index is 1150. The molecule has 3 amide bonds. The van der Waals surface area contributed by atoms with Gasteiger partial charge in [-0.1, -0.05) is 18.2 Å². The van der Waals surface area contributed by atoms with E-state index in [2.05, 4.69) is 10.6 Å². The first-order valence-corrected chi connectivity index (χ1v) is 9.91. The minimum atomic E-state index is -1.42. The van der Waals surface area contributed by atoms with Crippen LogP contribution in [0.25, 0.3) is 11.1 Å². The van der Waals surface area contributed by atoms with Crippen LogP contribution in [0.4, 0.5) is 9.18 Å². The molecule has 0 aromatic heterocycles. The van der Waals surface area contributed by atoms with Crippen LogP contribution in [0.5, 0.6) is 5.75 Å². The number of nitrogens with one attached hydrogen (secondary N) is 2. The first-order valence-electron chi connectivity index (χ1n) is 9.91. The van der Waals surface area contributed by atoms with Gasteiger partial charge in [0.25, 0.3) is 5.91 Å². The smallest absolute Gasteiger partial charge is 1.00 e. The summed E-state index contributed by atoms with van der Waals surface area (Å²) in [5.74, 6) is -2.48. The minimum Gasteiger partial charge on any atom is -1.00 e. The van der Waals surface area contributed by atoms with Gasteiger partial charge in [-0.3, -0.25) is 14.4 Å². The Labute approximate surface area is 218 Å². The summed E-state index contributed by atoms with van der Waals surface area (Å²) in [5, 5.41) is 14.1. The molecule has 0 saturated carbocycles. The summed E-state index contributed by atoms with van der Waals surface area (Å²) >= 11 is 0. The second-order valence-corrected chi connectivity index (χ2v) is 7.34. The van der Waals surface area contributed by atoms with Gasteiger partial charge in [0, 0.05) is 24.9 Å². The summed E-state index contributed by atoms with van der Waals surface area (Å²) in [5.41, 5.74) is 1.01. The fraction of sp³-hybridized carbons (Fsp3) is 0.217. The zero-order valence-electron chi connectivity index (χ0n) is 19.9. The molecule has 0 aliphatic carbocycles. The van der Waals surface area contributed by atoms with Crippen LogP contribution in [0.1, 0.15) is 19.5 Å². The maximum Gasteiger partial charge on any atom is 1.00 e. The molecule has 1 aliphatic heterocycles. The Kier molecular flexibility index (Phi) is 9.36. The average Bonchev–Trinajstić information content (AvgIpc) is 2.79. The number of aliphatic carboxylic acids is 1. The number of rotatable bonds is 7. The molecule has 11 heteroatoms. The van der Waals surface area contributed by atoms with E-state index in [1.54, 1.807) is 24.3 Å². The molecular formula is C23H23FN3NaO6. The molecule has 0 spiro atoms. The van der Waals surface area contributed by atoms with Crippen LogP contribution >= 0.6 is 0 Å². The van der Waals surface area contributed by atoms with Gasteiger partial charge >= 0.3 is 41.6 Å². The number of urea groups is 1. The molecule has 0 fully saturated rings. The van der Waals surface area contributed by atoms with E-state index in [1.165, 1.54) is 38.6 Å². The minimum absolute atomic E-state index is 0. The molecule has 3 rings (SSSR count). The molecule has 34 heavy (non-hydrogen) atoms. The van der Waals surface area contributed by atoms with Crippen molar-refractivity contribution < 1.29 is 64.4 Å². The van der Waals surface area contributed by atoms with Crippen molar-refractivity contribution in [1.82, 2.24) is 15.5 Å². The van der Waals surface area contributed by atoms with E-state index in [1.807, 2.05) is 0 Å². The SMILES string of the molecule is COc1cccc(-c2cc(C(CC(=O)O)NC(=O)NC3C(=O)C=CN(C)C3=O)ccc2F)c1.[H-].[Na+]. The van der Waals surface area contributed by atoms with Crippen molar-refractivity contribution >= 4 is 23.7 Å². The number of methoxy groups -OCH3 is 1. The van der Waals surface area contributed by atoms with Crippen LogP contribution in [-0.2, 0) is 14.4 Å². The van der Waals surface area contributed by atoms with Crippen molar-refractivity contribution in [2.45, 2.75) is 18.5 Å². The summed E-state index contributed by atoms with van der Waals surface area (Å²) in [4.78, 5) is 49.3. The van der Waals surface area contributed by atoms with Gasteiger partial charge in [0.2, 0.25) is 0 Å². The maximum atomic E-state index is 14.6. The fourth-order valence-electron chi connectivity index (χ4n) is 3.34. The van der Waals surface area contributed by atoms with Crippen molar-refractivity contribution in [3.05, 3.63) is 66.1 Å². The summed E-state index contributed by atoms with van der Waals surface area (Å²) in [6.45, 7) is 0. The Hall–Kier alpha value is -3.21. The molecule has 1 heterocycles. The van der Waals surface area contributed by atoms with E-state index in [0.29, 0.717) is 16.9 Å². The van der Waals surface area contributed by atoms with Crippen molar-refractivity contribution in [1.29, 1.82) is 0 Å². The summed E-state index contributed by atoms with van der Waals surface area (Å²) in [6, 6.07) is 7.25. The zero-order chi connectivity index (χ0) is 24.1. The van der Waals surface area contributed by atoms with E-state index in [4.69, 9.17) is 4.74 Å². The molecule has 2 atom stereocenters. The third kappa shape index (κ3) is 6.43. The molecule has 0 radical (unpaired) electrons. The average molecular weight is 479 g/mol. The summed E-state index contributed by atoms with van der Waals surface area (Å²) in [6.07, 6.45) is 1.93. The molecule has 0 bridgehead atoms. The molecule has 3 N–H and O–H groups in total. The number of hydrogen-bond donors (Lipinski definition) is 3. The summed E-state index contributed by atoms with van der Waals surface area (Å²) in [7, 11) is 2.91. The topological polar surface area (TPSA) is 125 Å². The monoisotopic (exact) mass is 479 g/mol. The van der Waals surface area contributed by atoms with Crippen LogP contribution in [0, 0.1) is 5.82 Å². The summed E-state index contributed by atoms with van der Waals surface area (Å²) < 4.78 is 19.7. The number of carbonyl (C=O) groups is 4. The number of carboxylic acids is 1. The van der Waals surface area contributed by atoms with Gasteiger partial charge < -0.3 is 26.8 Å². The number of ketones is 1. The fourth-order valence-corrected chi connectivity index (χ4v) is 3.34. The Morgan fingerprint density at radius 1 is 1.24 bits per heavy atom. The maximum absolute atomic E-state index is 14.6. The van der Waals surface area contributed by atoms with Crippen molar-refractivity contribution in [3.8, 4) is 16.9 Å². The third-order valence-corrected chi connectivity index (χ3v) is 5.07. The number of carboxylic acid groups (broad SMARTS) is 1. The predicted molar refractivity (Wildman–Crippen MR) is 117 cm³/mol. The molecule has 1 aliphatic rings. The van der Waals surface area contributed by atoms with Crippen LogP contribution in [0.3, 0.4) is 0 Å². The van der Waals surface area contributed by atoms with Gasteiger partial charge in [0.05, 0.1) is 19.6 Å². The Morgan fingerprint density at radius 2 is 1.97 bits per heavy atom. The number of benzene rings is 2. The molecule has 2 unspecified atom stereocenters. The van der Waals surface area contributed by atoms with Gasteiger partial charge in [-0.2, -0.15) is 0 Å². The van der Waals surface area contributed by atoms with Gasteiger partial charge in [0.15, 0.2) is 11.8 Å². The molecule has 2 aromatic rings. The van der Waals surface area contributed by atoms with Gasteiger partial charge in [0.1, 0.15) is 11.6 Å². The van der Waals surface area contributed by atoms with Gasteiger partial charge in [-0.15, -0.1) is 0 Å². The zero-order valence-corrected chi connectivity index (χ0v) is 20.9. The molecule has 9 nitrogen and oxygen atoms in total. The van der Waals surface area contributed by atoms with Crippen molar-refractivity contribution in [2.24, 2.45) is 0 Å². The van der Waals surface area contributed by atoms with Crippen LogP contribution in [-0.4, -0.2) is 53.9 Å².